The van der Waals surface area contributed by atoms with Gasteiger partial charge in [-0.1, -0.05) is 64.1 Å². The summed E-state index contributed by atoms with van der Waals surface area (Å²) in [4.78, 5) is 0. The van der Waals surface area contributed by atoms with E-state index < -0.39 is 0 Å². The number of fused-ring (bicyclic) bond motifs is 1. The molecule has 2 aromatic rings. The van der Waals surface area contributed by atoms with Gasteiger partial charge >= 0.3 is 0 Å². The van der Waals surface area contributed by atoms with Gasteiger partial charge in [0.15, 0.2) is 0 Å². The second kappa shape index (κ2) is 5.69. The van der Waals surface area contributed by atoms with Crippen LogP contribution in [0.25, 0.3) is 10.8 Å². The molecule has 0 unspecified atom stereocenters. The van der Waals surface area contributed by atoms with E-state index in [4.69, 9.17) is 0 Å². The van der Waals surface area contributed by atoms with E-state index in [1.54, 1.807) is 0 Å². The highest BCUT2D eigenvalue weighted by atomic mass is 14.1. The third-order valence-corrected chi connectivity index (χ3v) is 2.98. The maximum absolute atomic E-state index is 2.27. The zero-order valence-corrected chi connectivity index (χ0v) is 9.59. The van der Waals surface area contributed by atoms with Crippen molar-refractivity contribution in [3.05, 3.63) is 47.5 Å². The first-order chi connectivity index (χ1) is 7.36. The topological polar surface area (TPSA) is 0 Å². The van der Waals surface area contributed by atoms with E-state index in [0.717, 1.165) is 6.42 Å². The highest BCUT2D eigenvalue weighted by molar-refractivity contribution is 5.88. The second-order valence-corrected chi connectivity index (χ2v) is 4.04. The Hall–Kier alpha value is -1.30. The van der Waals surface area contributed by atoms with Crippen LogP contribution in [-0.2, 0) is 12.8 Å². The zero-order valence-electron chi connectivity index (χ0n) is 9.59. The van der Waals surface area contributed by atoms with Gasteiger partial charge in [-0.25, -0.2) is 0 Å². The van der Waals surface area contributed by atoms with Gasteiger partial charge in [-0.05, 0) is 34.7 Å². The van der Waals surface area contributed by atoms with E-state index in [-0.39, 0.29) is 7.43 Å². The smallest absolute Gasteiger partial charge is 0.0120 e. The molecule has 0 spiro atoms. The van der Waals surface area contributed by atoms with Crippen molar-refractivity contribution < 1.29 is 0 Å². The predicted octanol–water partition coefficient (Wildman–Crippen LogP) is 4.99. The van der Waals surface area contributed by atoms with Crippen molar-refractivity contribution in [1.29, 1.82) is 0 Å². The van der Waals surface area contributed by atoms with Crippen LogP contribution in [-0.4, -0.2) is 0 Å². The lowest BCUT2D eigenvalue weighted by Gasteiger charge is -2.09. The van der Waals surface area contributed by atoms with E-state index in [1.165, 1.54) is 34.7 Å². The largest absolute Gasteiger partial charge is 0.0776 e. The molecule has 0 saturated carbocycles. The zero-order chi connectivity index (χ0) is 10.7. The molecule has 0 amide bonds. The highest BCUT2D eigenvalue weighted by Crippen LogP contribution is 2.24. The van der Waals surface area contributed by atoms with Gasteiger partial charge < -0.3 is 0 Å². The first kappa shape index (κ1) is 12.8. The predicted molar refractivity (Wildman–Crippen MR) is 74.1 cm³/mol. The van der Waals surface area contributed by atoms with Gasteiger partial charge in [-0.3, -0.25) is 0 Å². The molecule has 2 aromatic carbocycles. The molecular weight excluding hydrogens is 192 g/mol. The van der Waals surface area contributed by atoms with E-state index in [1.807, 2.05) is 0 Å². The Labute approximate surface area is 99.3 Å². The number of benzene rings is 2. The van der Waals surface area contributed by atoms with Gasteiger partial charge in [-0.15, -0.1) is 0 Å². The number of rotatable bonds is 3. The van der Waals surface area contributed by atoms with Crippen LogP contribution < -0.4 is 0 Å². The number of hydrogen-bond donors (Lipinski definition) is 0. The fraction of sp³-hybridized carbons (Fsp3) is 0.375. The summed E-state index contributed by atoms with van der Waals surface area (Å²) in [6.07, 6.45) is 3.53. The Morgan fingerprint density at radius 1 is 0.875 bits per heavy atom. The van der Waals surface area contributed by atoms with Crippen molar-refractivity contribution in [1.82, 2.24) is 0 Å². The maximum atomic E-state index is 2.27. The molecule has 0 aromatic heterocycles. The third kappa shape index (κ3) is 2.27. The van der Waals surface area contributed by atoms with Crippen molar-refractivity contribution in [2.45, 2.75) is 40.5 Å². The lowest BCUT2D eigenvalue weighted by atomic mass is 9.96. The molecule has 0 fully saturated rings. The molecule has 0 aliphatic carbocycles. The van der Waals surface area contributed by atoms with E-state index >= 15 is 0 Å². The summed E-state index contributed by atoms with van der Waals surface area (Å²) in [6, 6.07) is 13.3. The molecule has 16 heavy (non-hydrogen) atoms. The van der Waals surface area contributed by atoms with Crippen LogP contribution >= 0.6 is 0 Å². The molecule has 0 heteroatoms. The van der Waals surface area contributed by atoms with Crippen LogP contribution in [0.15, 0.2) is 36.4 Å². The molecule has 0 nitrogen and oxygen atoms in total. The molecule has 0 saturated heterocycles. The summed E-state index contributed by atoms with van der Waals surface area (Å²) in [5.74, 6) is 0. The molecule has 0 radical (unpaired) electrons. The standard InChI is InChI=1S/C15H18.CH4/c1-3-7-13-9-6-11-14-10-5-8-12(4-2)15(13)14;/h5-6,8-11H,3-4,7H2,1-2H3;1H4. The van der Waals surface area contributed by atoms with Crippen molar-refractivity contribution in [2.75, 3.05) is 0 Å². The molecule has 0 N–H and O–H groups in total. The van der Waals surface area contributed by atoms with Crippen LogP contribution in [0.2, 0.25) is 0 Å². The average Bonchev–Trinajstić information content (AvgIpc) is 2.29. The fourth-order valence-corrected chi connectivity index (χ4v) is 2.27. The van der Waals surface area contributed by atoms with E-state index in [9.17, 15) is 0 Å². The fourth-order valence-electron chi connectivity index (χ4n) is 2.27. The van der Waals surface area contributed by atoms with E-state index in [2.05, 4.69) is 50.2 Å². The van der Waals surface area contributed by atoms with Gasteiger partial charge in [0, 0.05) is 0 Å². The van der Waals surface area contributed by atoms with Gasteiger partial charge in [0.05, 0.1) is 0 Å². The summed E-state index contributed by atoms with van der Waals surface area (Å²) >= 11 is 0. The molecule has 0 heterocycles. The van der Waals surface area contributed by atoms with Crippen LogP contribution in [0.1, 0.15) is 38.8 Å². The SMILES string of the molecule is C.CCCc1cccc2cccc(CC)c12. The summed E-state index contributed by atoms with van der Waals surface area (Å²) in [7, 11) is 0. The molecule has 2 rings (SSSR count). The summed E-state index contributed by atoms with van der Waals surface area (Å²) < 4.78 is 0. The minimum absolute atomic E-state index is 0. The first-order valence-electron chi connectivity index (χ1n) is 5.86. The lowest BCUT2D eigenvalue weighted by molar-refractivity contribution is 0.928. The van der Waals surface area contributed by atoms with Crippen molar-refractivity contribution >= 4 is 10.8 Å². The normalized spacial score (nSPS) is 10.1. The van der Waals surface area contributed by atoms with Crippen LogP contribution in [0, 0.1) is 0 Å². The Morgan fingerprint density at radius 2 is 1.50 bits per heavy atom. The Balaban J connectivity index is 0.00000128. The molecule has 0 aliphatic rings. The first-order valence-corrected chi connectivity index (χ1v) is 5.86. The summed E-state index contributed by atoms with van der Waals surface area (Å²) in [5, 5.41) is 2.88. The second-order valence-electron chi connectivity index (χ2n) is 4.04. The average molecular weight is 214 g/mol. The Bertz CT molecular complexity index is 449. The van der Waals surface area contributed by atoms with Crippen LogP contribution in [0.5, 0.6) is 0 Å². The Morgan fingerprint density at radius 3 is 2.06 bits per heavy atom. The lowest BCUT2D eigenvalue weighted by Crippen LogP contribution is -1.90. The van der Waals surface area contributed by atoms with E-state index in [0.29, 0.717) is 0 Å². The molecule has 0 atom stereocenters. The third-order valence-electron chi connectivity index (χ3n) is 2.98. The molecule has 86 valence electrons. The minimum atomic E-state index is 0. The van der Waals surface area contributed by atoms with Crippen molar-refractivity contribution in [3.8, 4) is 0 Å². The summed E-state index contributed by atoms with van der Waals surface area (Å²) in [6.45, 7) is 4.48. The van der Waals surface area contributed by atoms with Crippen LogP contribution in [0.4, 0.5) is 0 Å². The maximum Gasteiger partial charge on any atom is -0.0120 e. The molecule has 0 aliphatic heterocycles. The van der Waals surface area contributed by atoms with Crippen molar-refractivity contribution in [2.24, 2.45) is 0 Å². The minimum Gasteiger partial charge on any atom is -0.0776 e. The monoisotopic (exact) mass is 214 g/mol. The Kier molecular flexibility index (Phi) is 4.54. The van der Waals surface area contributed by atoms with Gasteiger partial charge in [0.25, 0.3) is 0 Å². The van der Waals surface area contributed by atoms with Gasteiger partial charge in [0.2, 0.25) is 0 Å². The van der Waals surface area contributed by atoms with Crippen LogP contribution in [0.3, 0.4) is 0 Å². The van der Waals surface area contributed by atoms with Gasteiger partial charge in [-0.2, -0.15) is 0 Å². The van der Waals surface area contributed by atoms with Crippen molar-refractivity contribution in [3.63, 3.8) is 0 Å². The molecular formula is C16H22. The quantitative estimate of drug-likeness (QED) is 0.675. The number of aryl methyl sites for hydroxylation is 2. The van der Waals surface area contributed by atoms with Gasteiger partial charge in [0.1, 0.15) is 0 Å². The highest BCUT2D eigenvalue weighted by Gasteiger charge is 2.03. The summed E-state index contributed by atoms with van der Waals surface area (Å²) in [5.41, 5.74) is 2.99. The number of hydrogen-bond acceptors (Lipinski definition) is 0. The molecule has 0 bridgehead atoms.